The lowest BCUT2D eigenvalue weighted by molar-refractivity contribution is 0.0697. The van der Waals surface area contributed by atoms with Gasteiger partial charge in [-0.2, -0.15) is 0 Å². The number of benzene rings is 2. The zero-order valence-electron chi connectivity index (χ0n) is 11.2. The van der Waals surface area contributed by atoms with Crippen molar-refractivity contribution in [2.75, 3.05) is 7.11 Å². The first-order valence-electron chi connectivity index (χ1n) is 6.02. The molecule has 2 aromatic rings. The van der Waals surface area contributed by atoms with Gasteiger partial charge in [-0.15, -0.1) is 0 Å². The van der Waals surface area contributed by atoms with Gasteiger partial charge >= 0.3 is 5.97 Å². The van der Waals surface area contributed by atoms with Crippen molar-refractivity contribution in [3.05, 3.63) is 53.1 Å². The van der Waals surface area contributed by atoms with E-state index in [1.165, 1.54) is 0 Å². The number of hydrogen-bond donors (Lipinski definition) is 1. The lowest BCUT2D eigenvalue weighted by atomic mass is 9.99. The van der Waals surface area contributed by atoms with E-state index in [-0.39, 0.29) is 0 Å². The van der Waals surface area contributed by atoms with Crippen molar-refractivity contribution in [1.29, 1.82) is 0 Å². The van der Waals surface area contributed by atoms with Crippen molar-refractivity contribution in [1.82, 2.24) is 0 Å². The van der Waals surface area contributed by atoms with Gasteiger partial charge < -0.3 is 9.84 Å². The second-order valence-corrected chi connectivity index (χ2v) is 4.53. The molecule has 3 nitrogen and oxygen atoms in total. The smallest absolute Gasteiger partial charge is 0.335 e. The van der Waals surface area contributed by atoms with E-state index in [1.54, 1.807) is 19.2 Å². The molecule has 0 radical (unpaired) electrons. The average Bonchev–Trinajstić information content (AvgIpc) is 2.38. The Hall–Kier alpha value is -2.29. The van der Waals surface area contributed by atoms with Crippen molar-refractivity contribution in [3.8, 4) is 16.9 Å². The summed E-state index contributed by atoms with van der Waals surface area (Å²) in [6.07, 6.45) is 0. The normalized spacial score (nSPS) is 10.3. The molecule has 0 spiro atoms. The number of aromatic carboxylic acids is 1. The van der Waals surface area contributed by atoms with Gasteiger partial charge in [0, 0.05) is 0 Å². The van der Waals surface area contributed by atoms with E-state index in [1.807, 2.05) is 38.1 Å². The standard InChI is InChI=1S/C16H16O3/c1-10-8-14(9-11(2)15(10)19-3)12-4-6-13(7-5-12)16(17)18/h4-9H,1-3H3,(H,17,18). The molecule has 0 aliphatic heterocycles. The zero-order valence-corrected chi connectivity index (χ0v) is 11.2. The number of ether oxygens (including phenoxy) is 1. The number of carbonyl (C=O) groups is 1. The van der Waals surface area contributed by atoms with Crippen LogP contribution in [0.25, 0.3) is 11.1 Å². The van der Waals surface area contributed by atoms with Gasteiger partial charge in [0.05, 0.1) is 12.7 Å². The molecule has 2 rings (SSSR count). The second-order valence-electron chi connectivity index (χ2n) is 4.53. The summed E-state index contributed by atoms with van der Waals surface area (Å²) in [5, 5.41) is 8.89. The van der Waals surface area contributed by atoms with Crippen molar-refractivity contribution in [3.63, 3.8) is 0 Å². The van der Waals surface area contributed by atoms with Crippen LogP contribution < -0.4 is 4.74 Å². The summed E-state index contributed by atoms with van der Waals surface area (Å²) in [5.74, 6) is -0.0143. The predicted octanol–water partition coefficient (Wildman–Crippen LogP) is 3.68. The molecule has 0 aliphatic rings. The van der Waals surface area contributed by atoms with Crippen LogP contribution in [0.15, 0.2) is 36.4 Å². The van der Waals surface area contributed by atoms with Crippen LogP contribution in [-0.4, -0.2) is 18.2 Å². The van der Waals surface area contributed by atoms with Gasteiger partial charge in [0.25, 0.3) is 0 Å². The molecule has 98 valence electrons. The van der Waals surface area contributed by atoms with E-state index in [4.69, 9.17) is 9.84 Å². The Morgan fingerprint density at radius 1 is 1.00 bits per heavy atom. The fourth-order valence-corrected chi connectivity index (χ4v) is 2.24. The van der Waals surface area contributed by atoms with Crippen LogP contribution in [0.4, 0.5) is 0 Å². The van der Waals surface area contributed by atoms with Crippen molar-refractivity contribution in [2.24, 2.45) is 0 Å². The van der Waals surface area contributed by atoms with Crippen LogP contribution in [0.2, 0.25) is 0 Å². The molecule has 3 heteroatoms. The van der Waals surface area contributed by atoms with Crippen LogP contribution in [0, 0.1) is 13.8 Å². The van der Waals surface area contributed by atoms with E-state index in [0.717, 1.165) is 28.0 Å². The highest BCUT2D eigenvalue weighted by Crippen LogP contribution is 2.29. The summed E-state index contributed by atoms with van der Waals surface area (Å²) in [4.78, 5) is 10.8. The minimum absolute atomic E-state index is 0.297. The first-order valence-corrected chi connectivity index (χ1v) is 6.02. The van der Waals surface area contributed by atoms with Crippen molar-refractivity contribution >= 4 is 5.97 Å². The van der Waals surface area contributed by atoms with Gasteiger partial charge in [0.1, 0.15) is 5.75 Å². The molecule has 0 atom stereocenters. The van der Waals surface area contributed by atoms with Crippen LogP contribution in [0.3, 0.4) is 0 Å². The third-order valence-electron chi connectivity index (χ3n) is 3.13. The zero-order chi connectivity index (χ0) is 14.0. The SMILES string of the molecule is COc1c(C)cc(-c2ccc(C(=O)O)cc2)cc1C. The maximum absolute atomic E-state index is 10.8. The molecular formula is C16H16O3. The van der Waals surface area contributed by atoms with Crippen molar-refractivity contribution < 1.29 is 14.6 Å². The number of rotatable bonds is 3. The highest BCUT2D eigenvalue weighted by molar-refractivity contribution is 5.88. The van der Waals surface area contributed by atoms with E-state index in [2.05, 4.69) is 0 Å². The van der Waals surface area contributed by atoms with E-state index < -0.39 is 5.97 Å². The van der Waals surface area contributed by atoms with Gasteiger partial charge in [0.15, 0.2) is 0 Å². The van der Waals surface area contributed by atoms with Gasteiger partial charge in [0.2, 0.25) is 0 Å². The van der Waals surface area contributed by atoms with Crippen LogP contribution in [0.5, 0.6) is 5.75 Å². The molecule has 0 heterocycles. The number of aryl methyl sites for hydroxylation is 2. The largest absolute Gasteiger partial charge is 0.496 e. The quantitative estimate of drug-likeness (QED) is 0.911. The highest BCUT2D eigenvalue weighted by Gasteiger charge is 2.08. The van der Waals surface area contributed by atoms with Crippen molar-refractivity contribution in [2.45, 2.75) is 13.8 Å². The van der Waals surface area contributed by atoms with Gasteiger partial charge in [-0.3, -0.25) is 0 Å². The Morgan fingerprint density at radius 2 is 1.53 bits per heavy atom. The van der Waals surface area contributed by atoms with E-state index in [9.17, 15) is 4.79 Å². The van der Waals surface area contributed by atoms with Gasteiger partial charge in [-0.1, -0.05) is 12.1 Å². The van der Waals surface area contributed by atoms with Crippen LogP contribution in [0.1, 0.15) is 21.5 Å². The molecule has 0 fully saturated rings. The molecule has 0 amide bonds. The minimum Gasteiger partial charge on any atom is -0.496 e. The molecule has 0 bridgehead atoms. The molecule has 0 aromatic heterocycles. The Balaban J connectivity index is 2.44. The lowest BCUT2D eigenvalue weighted by Crippen LogP contribution is -1.95. The average molecular weight is 256 g/mol. The number of carboxylic acid groups (broad SMARTS) is 1. The first-order chi connectivity index (χ1) is 9.02. The second kappa shape index (κ2) is 5.14. The monoisotopic (exact) mass is 256 g/mol. The Kier molecular flexibility index (Phi) is 3.56. The number of methoxy groups -OCH3 is 1. The number of hydrogen-bond acceptors (Lipinski definition) is 2. The minimum atomic E-state index is -0.909. The lowest BCUT2D eigenvalue weighted by Gasteiger charge is -2.11. The molecule has 1 N–H and O–H groups in total. The summed E-state index contributed by atoms with van der Waals surface area (Å²) in [5.41, 5.74) is 4.50. The van der Waals surface area contributed by atoms with Crippen LogP contribution in [-0.2, 0) is 0 Å². The highest BCUT2D eigenvalue weighted by atomic mass is 16.5. The van der Waals surface area contributed by atoms with E-state index in [0.29, 0.717) is 5.56 Å². The summed E-state index contributed by atoms with van der Waals surface area (Å²) in [6, 6.07) is 11.0. The molecular weight excluding hydrogens is 240 g/mol. The molecule has 0 aliphatic carbocycles. The topological polar surface area (TPSA) is 46.5 Å². The van der Waals surface area contributed by atoms with Gasteiger partial charge in [-0.05, 0) is 60.4 Å². The Labute approximate surface area is 112 Å². The van der Waals surface area contributed by atoms with Crippen LogP contribution >= 0.6 is 0 Å². The molecule has 19 heavy (non-hydrogen) atoms. The fourth-order valence-electron chi connectivity index (χ4n) is 2.24. The van der Waals surface area contributed by atoms with Gasteiger partial charge in [-0.25, -0.2) is 4.79 Å². The van der Waals surface area contributed by atoms with E-state index >= 15 is 0 Å². The third kappa shape index (κ3) is 2.60. The summed E-state index contributed by atoms with van der Waals surface area (Å²) in [7, 11) is 1.66. The summed E-state index contributed by atoms with van der Waals surface area (Å²) < 4.78 is 5.34. The number of carboxylic acids is 1. The molecule has 0 saturated carbocycles. The fraction of sp³-hybridized carbons (Fsp3) is 0.188. The maximum atomic E-state index is 10.8. The Morgan fingerprint density at radius 3 is 1.95 bits per heavy atom. The Bertz CT molecular complexity index is 589. The molecule has 0 saturated heterocycles. The molecule has 2 aromatic carbocycles. The third-order valence-corrected chi connectivity index (χ3v) is 3.13. The summed E-state index contributed by atoms with van der Waals surface area (Å²) >= 11 is 0. The molecule has 0 unspecified atom stereocenters. The predicted molar refractivity (Wildman–Crippen MR) is 74.9 cm³/mol. The first kappa shape index (κ1) is 13.1. The summed E-state index contributed by atoms with van der Waals surface area (Å²) in [6.45, 7) is 4.00. The maximum Gasteiger partial charge on any atom is 0.335 e.